The van der Waals surface area contributed by atoms with Gasteiger partial charge in [-0.2, -0.15) is 0 Å². The van der Waals surface area contributed by atoms with Crippen molar-refractivity contribution in [1.29, 1.82) is 0 Å². The Balaban J connectivity index is 1.08. The summed E-state index contributed by atoms with van der Waals surface area (Å²) in [5.74, 6) is 0. The van der Waals surface area contributed by atoms with E-state index in [-0.39, 0.29) is 0 Å². The smallest absolute Gasteiger partial charge is 0.179 e. The number of benzene rings is 10. The highest BCUT2D eigenvalue weighted by molar-refractivity contribution is 7.19. The molecule has 0 unspecified atom stereocenters. The van der Waals surface area contributed by atoms with E-state index in [9.17, 15) is 0 Å². The van der Waals surface area contributed by atoms with E-state index in [1.807, 2.05) is 6.07 Å². The summed E-state index contributed by atoms with van der Waals surface area (Å²) < 4.78 is 9.18. The van der Waals surface area contributed by atoms with Crippen molar-refractivity contribution >= 4 is 89.6 Å². The number of fused-ring (bicyclic) bond motifs is 6. The van der Waals surface area contributed by atoms with Gasteiger partial charge in [-0.05, 0) is 92.5 Å². The van der Waals surface area contributed by atoms with Crippen molar-refractivity contribution in [3.8, 4) is 16.8 Å². The molecule has 0 saturated carbocycles. The predicted molar refractivity (Wildman–Crippen MR) is 272 cm³/mol. The van der Waals surface area contributed by atoms with Crippen molar-refractivity contribution in [1.82, 2.24) is 4.57 Å². The summed E-state index contributed by atoms with van der Waals surface area (Å²) in [6, 6.07) is 92.8. The molecule has 12 rings (SSSR count). The summed E-state index contributed by atoms with van der Waals surface area (Å²) in [7, 11) is -2.84. The second-order valence-corrected chi connectivity index (χ2v) is 20.2. The molecule has 3 nitrogen and oxygen atoms in total. The number of hydrogen-bond donors (Lipinski definition) is 0. The van der Waals surface area contributed by atoms with E-state index >= 15 is 0 Å². The molecule has 302 valence electrons. The van der Waals surface area contributed by atoms with Gasteiger partial charge in [0.15, 0.2) is 13.7 Å². The first-order chi connectivity index (χ1) is 31.8. The second-order valence-electron chi connectivity index (χ2n) is 16.4. The highest BCUT2D eigenvalue weighted by Gasteiger charge is 2.41. The van der Waals surface area contributed by atoms with Gasteiger partial charge in [-0.1, -0.05) is 194 Å². The van der Waals surface area contributed by atoms with Crippen LogP contribution in [0.1, 0.15) is 0 Å². The molecule has 2 aromatic heterocycles. The Bertz CT molecular complexity index is 3500. The molecule has 0 radical (unpaired) electrons. The lowest BCUT2D eigenvalue weighted by Crippen LogP contribution is -2.74. The van der Waals surface area contributed by atoms with Crippen LogP contribution in [0.25, 0.3) is 60.6 Å². The number of para-hydroxylation sites is 4. The minimum atomic E-state index is -2.84. The van der Waals surface area contributed by atoms with Crippen LogP contribution in [-0.2, 0) is 0 Å². The molecule has 0 atom stereocenters. The summed E-state index contributed by atoms with van der Waals surface area (Å²) in [6.07, 6.45) is 0. The summed E-state index contributed by atoms with van der Waals surface area (Å²) in [5.41, 5.74) is 10.7. The van der Waals surface area contributed by atoms with Crippen LogP contribution in [0.4, 0.5) is 17.1 Å². The Labute approximate surface area is 373 Å². The molecule has 0 spiro atoms. The molecule has 4 heteroatoms. The van der Waals surface area contributed by atoms with Gasteiger partial charge >= 0.3 is 0 Å². The molecule has 0 aliphatic carbocycles. The molecule has 10 aromatic carbocycles. The fraction of sp³-hybridized carbons (Fsp3) is 0. The topological polar surface area (TPSA) is 21.3 Å². The van der Waals surface area contributed by atoms with E-state index in [2.05, 4.69) is 258 Å². The Kier molecular flexibility index (Phi) is 9.17. The average Bonchev–Trinajstić information content (AvgIpc) is 3.93. The maximum atomic E-state index is 6.80. The zero-order valence-electron chi connectivity index (χ0n) is 35.1. The lowest BCUT2D eigenvalue weighted by atomic mass is 9.99. The third kappa shape index (κ3) is 6.03. The van der Waals surface area contributed by atoms with Crippen LogP contribution < -0.4 is 25.6 Å². The van der Waals surface area contributed by atoms with Crippen molar-refractivity contribution < 1.29 is 4.42 Å². The van der Waals surface area contributed by atoms with Crippen LogP contribution in [0.3, 0.4) is 0 Å². The van der Waals surface area contributed by atoms with Crippen molar-refractivity contribution in [3.05, 3.63) is 255 Å². The van der Waals surface area contributed by atoms with Gasteiger partial charge in [0.2, 0.25) is 0 Å². The molecule has 2 heterocycles. The zero-order valence-corrected chi connectivity index (χ0v) is 36.1. The van der Waals surface area contributed by atoms with E-state index in [0.29, 0.717) is 0 Å². The highest BCUT2D eigenvalue weighted by atomic mass is 28.3. The van der Waals surface area contributed by atoms with Crippen LogP contribution in [0.15, 0.2) is 259 Å². The molecule has 0 amide bonds. The minimum Gasteiger partial charge on any atom is -0.454 e. The van der Waals surface area contributed by atoms with Crippen LogP contribution >= 0.6 is 0 Å². The largest absolute Gasteiger partial charge is 0.454 e. The Hall–Kier alpha value is -8.18. The number of hydrogen-bond acceptors (Lipinski definition) is 2. The van der Waals surface area contributed by atoms with E-state index in [1.54, 1.807) is 0 Å². The number of aromatic nitrogens is 1. The predicted octanol–water partition coefficient (Wildman–Crippen LogP) is 13.2. The van der Waals surface area contributed by atoms with Gasteiger partial charge in [0, 0.05) is 38.6 Å². The third-order valence-corrected chi connectivity index (χ3v) is 17.7. The summed E-state index contributed by atoms with van der Waals surface area (Å²) in [6.45, 7) is 0. The summed E-state index contributed by atoms with van der Waals surface area (Å²) in [5, 5.41) is 9.99. The molecular weight excluding hydrogens is 793 g/mol. The van der Waals surface area contributed by atoms with Gasteiger partial charge in [0.05, 0.1) is 16.7 Å². The van der Waals surface area contributed by atoms with E-state index in [1.165, 1.54) is 48.1 Å². The lowest BCUT2D eigenvalue weighted by Gasteiger charge is -2.35. The molecule has 0 bridgehead atoms. The van der Waals surface area contributed by atoms with E-state index < -0.39 is 8.07 Å². The van der Waals surface area contributed by atoms with Crippen LogP contribution in [0, 0.1) is 0 Å². The van der Waals surface area contributed by atoms with Crippen molar-refractivity contribution in [2.24, 2.45) is 0 Å². The first-order valence-corrected chi connectivity index (χ1v) is 23.9. The standard InChI is InChI=1S/C60H42N2OSi/c1-5-20-44(21-6-1)62-55-34-15-13-31-54(55)59-51(32-18-35-56(59)62)43-38-40-45(41-39-43)61(57-36-19-33-53-52-30-14-16-37-58(52)63-60(53)57)46-22-17-29-50(42-46)64(47-23-7-2-8-24-47,48-25-9-3-10-26-48)49-27-11-4-12-28-49/h1-42H. The monoisotopic (exact) mass is 834 g/mol. The number of rotatable bonds is 9. The molecule has 12 aromatic rings. The fourth-order valence-electron chi connectivity index (χ4n) is 10.2. The van der Waals surface area contributed by atoms with Gasteiger partial charge in [-0.25, -0.2) is 0 Å². The molecule has 0 saturated heterocycles. The molecule has 0 N–H and O–H groups in total. The maximum absolute atomic E-state index is 6.80. The first-order valence-electron chi connectivity index (χ1n) is 21.9. The van der Waals surface area contributed by atoms with Gasteiger partial charge < -0.3 is 13.9 Å². The average molecular weight is 835 g/mol. The highest BCUT2D eigenvalue weighted by Crippen LogP contribution is 2.44. The molecule has 0 aliphatic heterocycles. The van der Waals surface area contributed by atoms with Crippen molar-refractivity contribution in [2.75, 3.05) is 4.90 Å². The lowest BCUT2D eigenvalue weighted by molar-refractivity contribution is 0.669. The normalized spacial score (nSPS) is 11.8. The van der Waals surface area contributed by atoms with Gasteiger partial charge in [0.1, 0.15) is 5.58 Å². The number of anilines is 3. The van der Waals surface area contributed by atoms with Crippen LogP contribution in [0.5, 0.6) is 0 Å². The quantitative estimate of drug-likeness (QED) is 0.107. The molecule has 0 fully saturated rings. The Morgan fingerprint density at radius 3 is 1.59 bits per heavy atom. The van der Waals surface area contributed by atoms with E-state index in [4.69, 9.17) is 4.42 Å². The minimum absolute atomic E-state index is 0.856. The molecular formula is C60H42N2OSi. The summed E-state index contributed by atoms with van der Waals surface area (Å²) >= 11 is 0. The van der Waals surface area contributed by atoms with Gasteiger partial charge in [0.25, 0.3) is 0 Å². The number of nitrogens with zero attached hydrogens (tertiary/aromatic N) is 2. The van der Waals surface area contributed by atoms with Crippen LogP contribution in [-0.4, -0.2) is 12.6 Å². The molecule has 64 heavy (non-hydrogen) atoms. The summed E-state index contributed by atoms with van der Waals surface area (Å²) in [4.78, 5) is 2.39. The van der Waals surface area contributed by atoms with Crippen molar-refractivity contribution in [3.63, 3.8) is 0 Å². The van der Waals surface area contributed by atoms with Crippen molar-refractivity contribution in [2.45, 2.75) is 0 Å². The SMILES string of the molecule is c1ccc(-n2c3ccccc3c3c(-c4ccc(N(c5cccc([Si](c6ccccc6)(c6ccccc6)c6ccccc6)c5)c5cccc6c5oc5ccccc56)cc4)cccc32)cc1. The zero-order chi connectivity index (χ0) is 42.5. The number of furan rings is 1. The Morgan fingerprint density at radius 1 is 0.375 bits per heavy atom. The third-order valence-electron chi connectivity index (χ3n) is 12.9. The Morgan fingerprint density at radius 2 is 0.906 bits per heavy atom. The van der Waals surface area contributed by atoms with Gasteiger partial charge in [-0.15, -0.1) is 0 Å². The molecule has 0 aliphatic rings. The first kappa shape index (κ1) is 37.6. The van der Waals surface area contributed by atoms with Crippen LogP contribution in [0.2, 0.25) is 0 Å². The van der Waals surface area contributed by atoms with E-state index in [0.717, 1.165) is 50.3 Å². The second kappa shape index (κ2) is 15.6. The maximum Gasteiger partial charge on any atom is 0.179 e. The fourth-order valence-corrected chi connectivity index (χ4v) is 15.0. The van der Waals surface area contributed by atoms with Gasteiger partial charge in [-0.3, -0.25) is 0 Å².